The van der Waals surface area contributed by atoms with Crippen LogP contribution in [-0.2, 0) is 20.0 Å². The number of methoxy groups -OCH3 is 1. The van der Waals surface area contributed by atoms with Crippen molar-refractivity contribution in [1.29, 1.82) is 0 Å². The third-order valence-corrected chi connectivity index (χ3v) is 5.90. The number of likely N-dealkylation sites (tertiary alicyclic amines) is 1. The zero-order valence-electron chi connectivity index (χ0n) is 14.7. The van der Waals surface area contributed by atoms with Gasteiger partial charge in [0.1, 0.15) is 0 Å². The first-order valence-corrected chi connectivity index (χ1v) is 9.56. The Morgan fingerprint density at radius 2 is 2.33 bits per heavy atom. The monoisotopic (exact) mass is 349 g/mol. The summed E-state index contributed by atoms with van der Waals surface area (Å²) in [5.41, 5.74) is 2.30. The molecule has 2 aromatic heterocycles. The van der Waals surface area contributed by atoms with Gasteiger partial charge in [-0.15, -0.1) is 11.3 Å². The Hall–Kier alpha value is -1.37. The molecule has 132 valence electrons. The minimum Gasteiger partial charge on any atom is -0.481 e. The molecule has 2 atom stereocenters. The molecule has 24 heavy (non-hydrogen) atoms. The molecule has 0 aromatic carbocycles. The third kappa shape index (κ3) is 3.50. The lowest BCUT2D eigenvalue weighted by atomic mass is 10.0. The predicted octanol–water partition coefficient (Wildman–Crippen LogP) is 3.14. The first kappa shape index (κ1) is 17.5. The van der Waals surface area contributed by atoms with Crippen LogP contribution >= 0.6 is 11.3 Å². The summed E-state index contributed by atoms with van der Waals surface area (Å²) in [5.74, 6) is 0.858. The van der Waals surface area contributed by atoms with Crippen molar-refractivity contribution in [2.75, 3.05) is 13.7 Å². The molecule has 1 fully saturated rings. The van der Waals surface area contributed by atoms with Gasteiger partial charge in [-0.3, -0.25) is 4.90 Å². The van der Waals surface area contributed by atoms with Crippen molar-refractivity contribution in [2.24, 2.45) is 7.05 Å². The van der Waals surface area contributed by atoms with Crippen LogP contribution in [0.25, 0.3) is 0 Å². The van der Waals surface area contributed by atoms with E-state index in [0.717, 1.165) is 48.8 Å². The van der Waals surface area contributed by atoms with Crippen LogP contribution in [0, 0.1) is 0 Å². The van der Waals surface area contributed by atoms with Gasteiger partial charge < -0.3 is 9.84 Å². The Morgan fingerprint density at radius 3 is 3.00 bits per heavy atom. The lowest BCUT2D eigenvalue weighted by Crippen LogP contribution is -2.30. The van der Waals surface area contributed by atoms with Gasteiger partial charge in [-0.25, -0.2) is 4.68 Å². The fourth-order valence-electron chi connectivity index (χ4n) is 3.73. The van der Waals surface area contributed by atoms with Crippen molar-refractivity contribution in [3.63, 3.8) is 0 Å². The number of aryl methyl sites for hydroxylation is 2. The summed E-state index contributed by atoms with van der Waals surface area (Å²) in [6, 6.07) is 4.44. The molecule has 2 aromatic rings. The van der Waals surface area contributed by atoms with E-state index < -0.39 is 0 Å². The van der Waals surface area contributed by atoms with Crippen LogP contribution < -0.4 is 4.74 Å². The van der Waals surface area contributed by atoms with Crippen molar-refractivity contribution in [3.05, 3.63) is 33.6 Å². The van der Waals surface area contributed by atoms with Crippen molar-refractivity contribution < 1.29 is 9.84 Å². The summed E-state index contributed by atoms with van der Waals surface area (Å²) in [6.07, 6.45) is 3.67. The number of hydrogen-bond donors (Lipinski definition) is 1. The van der Waals surface area contributed by atoms with Crippen LogP contribution in [0.4, 0.5) is 0 Å². The van der Waals surface area contributed by atoms with Crippen molar-refractivity contribution in [2.45, 2.75) is 51.3 Å². The van der Waals surface area contributed by atoms with E-state index in [1.54, 1.807) is 18.4 Å². The molecule has 5 nitrogen and oxygen atoms in total. The highest BCUT2D eigenvalue weighted by Gasteiger charge is 2.29. The van der Waals surface area contributed by atoms with Gasteiger partial charge >= 0.3 is 0 Å². The van der Waals surface area contributed by atoms with Crippen molar-refractivity contribution >= 4 is 11.3 Å². The molecule has 0 aliphatic carbocycles. The number of thiophene rings is 1. The average molecular weight is 349 g/mol. The van der Waals surface area contributed by atoms with Crippen molar-refractivity contribution in [3.8, 4) is 5.88 Å². The number of aromatic nitrogens is 2. The summed E-state index contributed by atoms with van der Waals surface area (Å²) >= 11 is 1.63. The number of nitrogens with zero attached hydrogens (tertiary/aromatic N) is 3. The Balaban J connectivity index is 1.72. The highest BCUT2D eigenvalue weighted by Crippen LogP contribution is 2.32. The van der Waals surface area contributed by atoms with E-state index in [1.165, 1.54) is 12.0 Å². The van der Waals surface area contributed by atoms with E-state index in [0.29, 0.717) is 6.04 Å². The number of rotatable bonds is 7. The third-order valence-electron chi connectivity index (χ3n) is 4.93. The zero-order chi connectivity index (χ0) is 17.1. The first-order chi connectivity index (χ1) is 11.6. The molecule has 3 rings (SSSR count). The van der Waals surface area contributed by atoms with Crippen LogP contribution in [-0.4, -0.2) is 39.5 Å². The minimum absolute atomic E-state index is 0.364. The van der Waals surface area contributed by atoms with E-state index in [1.807, 2.05) is 29.2 Å². The summed E-state index contributed by atoms with van der Waals surface area (Å²) in [4.78, 5) is 3.55. The Kier molecular flexibility index (Phi) is 5.58. The van der Waals surface area contributed by atoms with Crippen LogP contribution in [0.1, 0.15) is 48.4 Å². The first-order valence-electron chi connectivity index (χ1n) is 8.68. The largest absolute Gasteiger partial charge is 0.481 e. The van der Waals surface area contributed by atoms with Gasteiger partial charge in [0.15, 0.2) is 0 Å². The summed E-state index contributed by atoms with van der Waals surface area (Å²) in [6.45, 7) is 4.05. The number of hydrogen-bond acceptors (Lipinski definition) is 5. The van der Waals surface area contributed by atoms with Crippen molar-refractivity contribution in [1.82, 2.24) is 14.7 Å². The smallest absolute Gasteiger partial charge is 0.216 e. The molecule has 1 aliphatic heterocycles. The van der Waals surface area contributed by atoms with Gasteiger partial charge in [0.2, 0.25) is 5.88 Å². The molecule has 1 saturated heterocycles. The fourth-order valence-corrected chi connectivity index (χ4v) is 4.46. The van der Waals surface area contributed by atoms with Crippen LogP contribution in [0.5, 0.6) is 5.88 Å². The van der Waals surface area contributed by atoms with Gasteiger partial charge in [0.25, 0.3) is 0 Å². The standard InChI is InChI=1S/C18H27N3O2S/c1-4-15-14(18(23-3)20(2)19-15)12-21-9-5-7-13(21)11-16(22)17-8-6-10-24-17/h6,8,10,13,16,22H,4-5,7,9,11-12H2,1-3H3. The molecule has 0 bridgehead atoms. The highest BCUT2D eigenvalue weighted by molar-refractivity contribution is 7.10. The van der Waals surface area contributed by atoms with Gasteiger partial charge in [-0.2, -0.15) is 5.10 Å². The normalized spacial score (nSPS) is 19.8. The summed E-state index contributed by atoms with van der Waals surface area (Å²) in [7, 11) is 3.64. The maximum absolute atomic E-state index is 10.5. The molecule has 1 N–H and O–H groups in total. The minimum atomic E-state index is -0.364. The van der Waals surface area contributed by atoms with E-state index in [2.05, 4.69) is 16.9 Å². The molecule has 0 amide bonds. The predicted molar refractivity (Wildman–Crippen MR) is 96.5 cm³/mol. The summed E-state index contributed by atoms with van der Waals surface area (Å²) in [5, 5.41) is 17.1. The number of aliphatic hydroxyl groups is 1. The van der Waals surface area contributed by atoms with Gasteiger partial charge in [0, 0.05) is 24.5 Å². The Morgan fingerprint density at radius 1 is 1.50 bits per heavy atom. The van der Waals surface area contributed by atoms with Crippen LogP contribution in [0.15, 0.2) is 17.5 Å². The maximum Gasteiger partial charge on any atom is 0.216 e. The average Bonchev–Trinajstić information content (AvgIpc) is 3.29. The molecular formula is C18H27N3O2S. The number of ether oxygens (including phenoxy) is 1. The quantitative estimate of drug-likeness (QED) is 0.834. The summed E-state index contributed by atoms with van der Waals surface area (Å²) < 4.78 is 7.40. The van der Waals surface area contributed by atoms with E-state index in [4.69, 9.17) is 4.74 Å². The molecule has 2 unspecified atom stereocenters. The molecule has 0 spiro atoms. The van der Waals surface area contributed by atoms with Crippen LogP contribution in [0.3, 0.4) is 0 Å². The fraction of sp³-hybridized carbons (Fsp3) is 0.611. The molecule has 6 heteroatoms. The van der Waals surface area contributed by atoms with Crippen LogP contribution in [0.2, 0.25) is 0 Å². The second kappa shape index (κ2) is 7.68. The second-order valence-corrected chi connectivity index (χ2v) is 7.42. The molecule has 0 radical (unpaired) electrons. The Labute approximate surface area is 147 Å². The maximum atomic E-state index is 10.5. The highest BCUT2D eigenvalue weighted by atomic mass is 32.1. The van der Waals surface area contributed by atoms with E-state index in [-0.39, 0.29) is 6.10 Å². The lowest BCUT2D eigenvalue weighted by Gasteiger charge is -2.26. The van der Waals surface area contributed by atoms with Gasteiger partial charge in [-0.05, 0) is 43.7 Å². The molecule has 3 heterocycles. The Bertz CT molecular complexity index is 654. The van der Waals surface area contributed by atoms with Gasteiger partial charge in [0.05, 0.1) is 24.5 Å². The SMILES string of the molecule is CCc1nn(C)c(OC)c1CN1CCCC1CC(O)c1cccs1. The molecule has 1 aliphatic rings. The topological polar surface area (TPSA) is 50.5 Å². The molecular weight excluding hydrogens is 322 g/mol. The molecule has 0 saturated carbocycles. The van der Waals surface area contributed by atoms with E-state index >= 15 is 0 Å². The zero-order valence-corrected chi connectivity index (χ0v) is 15.6. The lowest BCUT2D eigenvalue weighted by molar-refractivity contribution is 0.120. The van der Waals surface area contributed by atoms with Gasteiger partial charge in [-0.1, -0.05) is 13.0 Å². The second-order valence-electron chi connectivity index (χ2n) is 6.45. The van der Waals surface area contributed by atoms with E-state index in [9.17, 15) is 5.11 Å². The number of aliphatic hydroxyl groups excluding tert-OH is 1.